The van der Waals surface area contributed by atoms with Gasteiger partial charge in [0, 0.05) is 18.3 Å². The molecule has 0 saturated heterocycles. The zero-order valence-corrected chi connectivity index (χ0v) is 11.9. The lowest BCUT2D eigenvalue weighted by molar-refractivity contribution is 0.314. The molecule has 1 N–H and O–H groups in total. The first-order chi connectivity index (χ1) is 10.6. The van der Waals surface area contributed by atoms with Crippen LogP contribution in [0.4, 0.5) is 13.9 Å². The van der Waals surface area contributed by atoms with Crippen LogP contribution in [-0.4, -0.2) is 27.7 Å². The molecule has 0 radical (unpaired) electrons. The summed E-state index contributed by atoms with van der Waals surface area (Å²) in [7, 11) is 0. The zero-order valence-electron chi connectivity index (χ0n) is 11.1. The molecule has 0 amide bonds. The highest BCUT2D eigenvalue weighted by Crippen LogP contribution is 2.18. The molecule has 3 rings (SSSR count). The van der Waals surface area contributed by atoms with E-state index in [1.165, 1.54) is 34.2 Å². The topological polar surface area (TPSA) is 68.5 Å². The summed E-state index contributed by atoms with van der Waals surface area (Å²) in [6.07, 6.45) is 1.42. The molecule has 114 valence electrons. The van der Waals surface area contributed by atoms with Gasteiger partial charge in [-0.2, -0.15) is 4.52 Å². The van der Waals surface area contributed by atoms with Crippen molar-refractivity contribution in [2.24, 2.45) is 0 Å². The van der Waals surface area contributed by atoms with E-state index in [4.69, 9.17) is 4.74 Å². The maximum atomic E-state index is 13.3. The van der Waals surface area contributed by atoms with Gasteiger partial charge in [-0.25, -0.2) is 13.8 Å². The van der Waals surface area contributed by atoms with Crippen molar-refractivity contribution in [3.8, 4) is 5.75 Å². The number of hydrogen-bond donors (Lipinski definition) is 1. The molecular weight excluding hydrogens is 314 g/mol. The minimum Gasteiger partial charge on any atom is -0.489 e. The smallest absolute Gasteiger partial charge is 0.275 e. The van der Waals surface area contributed by atoms with E-state index in [-0.39, 0.29) is 17.9 Å². The third kappa shape index (κ3) is 3.03. The van der Waals surface area contributed by atoms with Crippen LogP contribution in [0.25, 0.3) is 4.96 Å². The number of rotatable bonds is 5. The predicted octanol–water partition coefficient (Wildman–Crippen LogP) is 1.92. The van der Waals surface area contributed by atoms with Crippen LogP contribution in [-0.2, 0) is 0 Å². The average Bonchev–Trinajstić information content (AvgIpc) is 2.90. The Kier molecular flexibility index (Phi) is 3.96. The second-order valence-electron chi connectivity index (χ2n) is 4.23. The van der Waals surface area contributed by atoms with Crippen LogP contribution < -0.4 is 15.6 Å². The third-order valence-electron chi connectivity index (χ3n) is 2.70. The average molecular weight is 324 g/mol. The number of hydrogen-bond acceptors (Lipinski definition) is 6. The van der Waals surface area contributed by atoms with Gasteiger partial charge in [0.2, 0.25) is 10.1 Å². The van der Waals surface area contributed by atoms with Gasteiger partial charge < -0.3 is 10.1 Å². The summed E-state index contributed by atoms with van der Waals surface area (Å²) >= 11 is 1.21. The Bertz CT molecular complexity index is 865. The number of halogens is 2. The number of nitrogens with zero attached hydrogens (tertiary/aromatic N) is 3. The molecule has 1 aromatic carbocycles. The molecule has 0 aliphatic heterocycles. The second kappa shape index (κ2) is 6.06. The van der Waals surface area contributed by atoms with E-state index < -0.39 is 11.6 Å². The van der Waals surface area contributed by atoms with E-state index in [2.05, 4.69) is 15.4 Å². The van der Waals surface area contributed by atoms with Gasteiger partial charge in [0.15, 0.2) is 11.6 Å². The van der Waals surface area contributed by atoms with Crippen LogP contribution in [0.1, 0.15) is 0 Å². The van der Waals surface area contributed by atoms with Gasteiger partial charge >= 0.3 is 0 Å². The van der Waals surface area contributed by atoms with Crippen LogP contribution in [0.15, 0.2) is 35.3 Å². The van der Waals surface area contributed by atoms with Crippen molar-refractivity contribution in [2.45, 2.75) is 0 Å². The number of anilines is 1. The summed E-state index contributed by atoms with van der Waals surface area (Å²) in [5.74, 6) is -1.43. The van der Waals surface area contributed by atoms with Crippen molar-refractivity contribution in [2.75, 3.05) is 18.5 Å². The molecule has 0 aliphatic carbocycles. The van der Waals surface area contributed by atoms with E-state index in [9.17, 15) is 13.6 Å². The monoisotopic (exact) mass is 324 g/mol. The summed E-state index contributed by atoms with van der Waals surface area (Å²) < 4.78 is 32.5. The molecule has 0 bridgehead atoms. The fourth-order valence-corrected chi connectivity index (χ4v) is 2.53. The highest BCUT2D eigenvalue weighted by atomic mass is 32.1. The van der Waals surface area contributed by atoms with E-state index in [0.717, 1.165) is 12.1 Å². The van der Waals surface area contributed by atoms with Gasteiger partial charge in [0.05, 0.1) is 6.54 Å². The Morgan fingerprint density at radius 1 is 1.32 bits per heavy atom. The van der Waals surface area contributed by atoms with E-state index in [1.807, 2.05) is 0 Å². The quantitative estimate of drug-likeness (QED) is 0.726. The molecule has 0 fully saturated rings. The van der Waals surface area contributed by atoms with Gasteiger partial charge in [-0.15, -0.1) is 5.10 Å². The third-order valence-corrected chi connectivity index (χ3v) is 3.58. The fourth-order valence-electron chi connectivity index (χ4n) is 1.73. The van der Waals surface area contributed by atoms with Crippen LogP contribution in [0.2, 0.25) is 0 Å². The molecular formula is C13H10F2N4O2S. The molecule has 0 aliphatic rings. The Morgan fingerprint density at radius 3 is 2.95 bits per heavy atom. The largest absolute Gasteiger partial charge is 0.489 e. The number of ether oxygens (including phenoxy) is 1. The van der Waals surface area contributed by atoms with Crippen molar-refractivity contribution >= 4 is 21.4 Å². The number of fused-ring (bicyclic) bond motifs is 1. The first-order valence-corrected chi connectivity index (χ1v) is 7.12. The lowest BCUT2D eigenvalue weighted by Crippen LogP contribution is -2.14. The molecule has 2 heterocycles. The van der Waals surface area contributed by atoms with E-state index in [1.54, 1.807) is 0 Å². The Hall–Kier alpha value is -2.55. The van der Waals surface area contributed by atoms with Crippen LogP contribution in [0.5, 0.6) is 5.75 Å². The summed E-state index contributed by atoms with van der Waals surface area (Å²) in [6.45, 7) is 0.492. The van der Waals surface area contributed by atoms with Crippen LogP contribution in [0, 0.1) is 11.6 Å². The van der Waals surface area contributed by atoms with Crippen LogP contribution in [0.3, 0.4) is 0 Å². The standard InChI is InChI=1S/C13H10F2N4O2S/c14-8-1-2-10(9(15)7-8)21-6-5-16-12-18-19-11(20)3-4-17-13(19)22-12/h1-4,7H,5-6H2,(H,16,18). The van der Waals surface area contributed by atoms with Gasteiger partial charge in [-0.1, -0.05) is 11.3 Å². The van der Waals surface area contributed by atoms with Gasteiger partial charge in [-0.3, -0.25) is 4.79 Å². The number of aromatic nitrogens is 3. The second-order valence-corrected chi connectivity index (χ2v) is 5.19. The van der Waals surface area contributed by atoms with E-state index in [0.29, 0.717) is 16.6 Å². The minimum absolute atomic E-state index is 0.0228. The molecule has 0 saturated carbocycles. The molecule has 22 heavy (non-hydrogen) atoms. The minimum atomic E-state index is -0.754. The van der Waals surface area contributed by atoms with Crippen LogP contribution >= 0.6 is 11.3 Å². The Morgan fingerprint density at radius 2 is 2.18 bits per heavy atom. The first-order valence-electron chi connectivity index (χ1n) is 6.30. The summed E-state index contributed by atoms with van der Waals surface area (Å²) in [6, 6.07) is 4.43. The fraction of sp³-hybridized carbons (Fsp3) is 0.154. The summed E-state index contributed by atoms with van der Waals surface area (Å²) in [5.41, 5.74) is -0.265. The van der Waals surface area contributed by atoms with Gasteiger partial charge in [-0.05, 0) is 12.1 Å². The molecule has 0 atom stereocenters. The Balaban J connectivity index is 1.58. The number of nitrogens with one attached hydrogen (secondary N) is 1. The predicted molar refractivity (Wildman–Crippen MR) is 77.5 cm³/mol. The van der Waals surface area contributed by atoms with Gasteiger partial charge in [0.1, 0.15) is 12.4 Å². The van der Waals surface area contributed by atoms with Crippen molar-refractivity contribution < 1.29 is 13.5 Å². The van der Waals surface area contributed by atoms with Crippen molar-refractivity contribution in [1.29, 1.82) is 0 Å². The Labute approximate surface area is 127 Å². The molecule has 9 heteroatoms. The highest BCUT2D eigenvalue weighted by molar-refractivity contribution is 7.20. The molecule has 6 nitrogen and oxygen atoms in total. The molecule has 0 unspecified atom stereocenters. The first kappa shape index (κ1) is 14.4. The van der Waals surface area contributed by atoms with E-state index >= 15 is 0 Å². The van der Waals surface area contributed by atoms with Crippen molar-refractivity contribution in [3.05, 3.63) is 52.5 Å². The maximum absolute atomic E-state index is 13.3. The number of benzene rings is 1. The summed E-state index contributed by atoms with van der Waals surface area (Å²) in [5, 5.41) is 7.50. The van der Waals surface area contributed by atoms with Crippen molar-refractivity contribution in [3.63, 3.8) is 0 Å². The molecule has 3 aromatic rings. The zero-order chi connectivity index (χ0) is 15.5. The lowest BCUT2D eigenvalue weighted by Gasteiger charge is -2.07. The maximum Gasteiger partial charge on any atom is 0.275 e. The molecule has 2 aromatic heterocycles. The summed E-state index contributed by atoms with van der Waals surface area (Å²) in [4.78, 5) is 16.0. The SMILES string of the molecule is O=c1ccnc2sc(NCCOc3ccc(F)cc3F)nn12. The van der Waals surface area contributed by atoms with Gasteiger partial charge in [0.25, 0.3) is 5.56 Å². The molecule has 0 spiro atoms. The van der Waals surface area contributed by atoms with Crippen molar-refractivity contribution in [1.82, 2.24) is 14.6 Å². The highest BCUT2D eigenvalue weighted by Gasteiger charge is 2.07. The normalized spacial score (nSPS) is 10.8. The lowest BCUT2D eigenvalue weighted by atomic mass is 10.3.